The Bertz CT molecular complexity index is 1420. The van der Waals surface area contributed by atoms with Gasteiger partial charge in [-0.3, -0.25) is 9.10 Å². The number of hydrogen-bond donors (Lipinski definition) is 1. The molecule has 0 unspecified atom stereocenters. The van der Waals surface area contributed by atoms with E-state index in [1.165, 1.54) is 42.3 Å². The van der Waals surface area contributed by atoms with E-state index in [-0.39, 0.29) is 10.6 Å². The Hall–Kier alpha value is -3.02. The average Bonchev–Trinajstić information content (AvgIpc) is 3.29. The van der Waals surface area contributed by atoms with Crippen LogP contribution >= 0.6 is 23.1 Å². The molecule has 0 fully saturated rings. The summed E-state index contributed by atoms with van der Waals surface area (Å²) in [5.74, 6) is -0.752. The van der Waals surface area contributed by atoms with Crippen LogP contribution < -0.4 is 14.4 Å². The van der Waals surface area contributed by atoms with E-state index in [9.17, 15) is 18.0 Å². The Morgan fingerprint density at radius 3 is 2.47 bits per heavy atom. The van der Waals surface area contributed by atoms with Crippen LogP contribution in [0.2, 0.25) is 0 Å². The van der Waals surface area contributed by atoms with E-state index in [0.29, 0.717) is 22.9 Å². The number of rotatable bonds is 10. The third-order valence-electron chi connectivity index (χ3n) is 6.18. The minimum Gasteiger partial charge on any atom is -0.492 e. The van der Waals surface area contributed by atoms with E-state index in [1.54, 1.807) is 43.3 Å². The summed E-state index contributed by atoms with van der Waals surface area (Å²) in [5.41, 5.74) is 1.51. The molecule has 202 valence electrons. The van der Waals surface area contributed by atoms with Crippen LogP contribution in [0.3, 0.4) is 0 Å². The maximum Gasteiger partial charge on any atom is 0.341 e. The number of amides is 1. The number of hydrogen-bond acceptors (Lipinski definition) is 8. The lowest BCUT2D eigenvalue weighted by Gasteiger charge is -2.26. The molecule has 38 heavy (non-hydrogen) atoms. The molecule has 1 aliphatic carbocycles. The van der Waals surface area contributed by atoms with E-state index >= 15 is 0 Å². The van der Waals surface area contributed by atoms with Crippen LogP contribution in [0.5, 0.6) is 5.75 Å². The smallest absolute Gasteiger partial charge is 0.341 e. The number of nitrogens with one attached hydrogen (secondary N) is 1. The predicted octanol–water partition coefficient (Wildman–Crippen LogP) is 5.37. The first-order valence-corrected chi connectivity index (χ1v) is 15.7. The molecular weight excluding hydrogens is 545 g/mol. The molecule has 0 aliphatic heterocycles. The molecule has 1 N–H and O–H groups in total. The number of thiophene rings is 1. The number of thioether (sulfide) groups is 1. The number of carbonyl (C=O) groups excluding carboxylic acids is 2. The first kappa shape index (κ1) is 28.0. The second-order valence-corrected chi connectivity index (χ2v) is 12.4. The lowest BCUT2D eigenvalue weighted by Crippen LogP contribution is -2.38. The van der Waals surface area contributed by atoms with E-state index in [1.807, 2.05) is 6.26 Å². The van der Waals surface area contributed by atoms with E-state index < -0.39 is 28.4 Å². The number of fused-ring (bicyclic) bond motifs is 1. The van der Waals surface area contributed by atoms with Crippen LogP contribution in [0, 0.1) is 0 Å². The van der Waals surface area contributed by atoms with Crippen molar-refractivity contribution in [3.8, 4) is 5.75 Å². The zero-order valence-corrected chi connectivity index (χ0v) is 23.9. The summed E-state index contributed by atoms with van der Waals surface area (Å²) < 4.78 is 39.5. The fourth-order valence-corrected chi connectivity index (χ4v) is 7.52. The highest BCUT2D eigenvalue weighted by atomic mass is 32.2. The van der Waals surface area contributed by atoms with Crippen molar-refractivity contribution < 1.29 is 27.5 Å². The van der Waals surface area contributed by atoms with Crippen molar-refractivity contribution >= 4 is 55.7 Å². The number of carbonyl (C=O) groups is 2. The molecule has 1 aliphatic rings. The number of para-hydroxylation sites is 2. The van der Waals surface area contributed by atoms with Gasteiger partial charge in [-0.05, 0) is 80.8 Å². The molecule has 0 bridgehead atoms. The van der Waals surface area contributed by atoms with E-state index in [4.69, 9.17) is 9.47 Å². The number of sulfonamides is 1. The monoisotopic (exact) mass is 574 g/mol. The predicted molar refractivity (Wildman–Crippen MR) is 151 cm³/mol. The maximum atomic E-state index is 13.9. The van der Waals surface area contributed by atoms with Crippen LogP contribution in [0.1, 0.15) is 40.6 Å². The molecular formula is C27H30N2O6S3. The number of esters is 1. The summed E-state index contributed by atoms with van der Waals surface area (Å²) in [7, 11) is -2.84. The zero-order valence-electron chi connectivity index (χ0n) is 21.5. The molecule has 11 heteroatoms. The summed E-state index contributed by atoms with van der Waals surface area (Å²) in [6.45, 7) is 1.61. The van der Waals surface area contributed by atoms with Crippen LogP contribution in [0.15, 0.2) is 58.3 Å². The third-order valence-corrected chi connectivity index (χ3v) is 9.91. The van der Waals surface area contributed by atoms with Crippen LogP contribution in [0.4, 0.5) is 10.7 Å². The fourth-order valence-electron chi connectivity index (χ4n) is 4.38. The Morgan fingerprint density at radius 1 is 1.08 bits per heavy atom. The molecule has 1 amide bonds. The first-order chi connectivity index (χ1) is 18.3. The first-order valence-electron chi connectivity index (χ1n) is 12.2. The number of nitrogens with zero attached hydrogens (tertiary/aromatic N) is 1. The van der Waals surface area contributed by atoms with Crippen molar-refractivity contribution in [2.75, 3.05) is 36.1 Å². The molecule has 0 saturated carbocycles. The van der Waals surface area contributed by atoms with Gasteiger partial charge in [-0.15, -0.1) is 23.1 Å². The normalized spacial score (nSPS) is 12.9. The maximum absolute atomic E-state index is 13.9. The third kappa shape index (κ3) is 5.84. The molecule has 2 aromatic carbocycles. The van der Waals surface area contributed by atoms with Gasteiger partial charge in [0.1, 0.15) is 17.3 Å². The second-order valence-electron chi connectivity index (χ2n) is 8.54. The molecule has 1 heterocycles. The Morgan fingerprint density at radius 2 is 1.79 bits per heavy atom. The molecule has 3 aromatic rings. The standard InChI is InChI=1S/C27H30N2O6S3/c1-4-35-22-11-7-6-10-21(22)29(38(32,33)19-15-13-18(36-3)14-16-19)17-24(30)28-26-25(27(31)34-2)20-9-5-8-12-23(20)37-26/h6-7,10-11,13-16H,4-5,8-9,12,17H2,1-3H3,(H,28,30). The number of benzene rings is 2. The van der Waals surface area contributed by atoms with Gasteiger partial charge in [-0.2, -0.15) is 0 Å². The van der Waals surface area contributed by atoms with E-state index in [2.05, 4.69) is 5.32 Å². The highest BCUT2D eigenvalue weighted by Crippen LogP contribution is 2.39. The van der Waals surface area contributed by atoms with Crippen LogP contribution in [0.25, 0.3) is 0 Å². The Labute approximate surface area is 231 Å². The van der Waals surface area contributed by atoms with Gasteiger partial charge < -0.3 is 14.8 Å². The summed E-state index contributed by atoms with van der Waals surface area (Å²) in [4.78, 5) is 28.0. The quantitative estimate of drug-likeness (QED) is 0.257. The van der Waals surface area contributed by atoms with Crippen molar-refractivity contribution in [1.82, 2.24) is 0 Å². The van der Waals surface area contributed by atoms with Gasteiger partial charge in [-0.25, -0.2) is 13.2 Å². The van der Waals surface area contributed by atoms with Gasteiger partial charge in [-0.1, -0.05) is 12.1 Å². The summed E-state index contributed by atoms with van der Waals surface area (Å²) in [6, 6.07) is 13.2. The van der Waals surface area contributed by atoms with Crippen molar-refractivity contribution in [2.24, 2.45) is 0 Å². The SMILES string of the molecule is CCOc1ccccc1N(CC(=O)Nc1sc2c(c1C(=O)OC)CCCC2)S(=O)(=O)c1ccc(SC)cc1. The van der Waals surface area contributed by atoms with E-state index in [0.717, 1.165) is 45.3 Å². The minimum absolute atomic E-state index is 0.0521. The molecule has 0 spiro atoms. The topological polar surface area (TPSA) is 102 Å². The second kappa shape index (κ2) is 12.2. The minimum atomic E-state index is -4.15. The molecule has 4 rings (SSSR count). The summed E-state index contributed by atoms with van der Waals surface area (Å²) >= 11 is 2.85. The molecule has 0 radical (unpaired) electrons. The Kier molecular flexibility index (Phi) is 9.01. The molecule has 0 atom stereocenters. The fraction of sp³-hybridized carbons (Fsp3) is 0.333. The lowest BCUT2D eigenvalue weighted by molar-refractivity contribution is -0.114. The molecule has 1 aromatic heterocycles. The van der Waals surface area contributed by atoms with Crippen LogP contribution in [-0.4, -0.2) is 46.8 Å². The number of methoxy groups -OCH3 is 1. The van der Waals surface area contributed by atoms with Gasteiger partial charge in [0.25, 0.3) is 10.0 Å². The summed E-state index contributed by atoms with van der Waals surface area (Å²) in [5, 5.41) is 3.19. The molecule has 0 saturated heterocycles. The number of anilines is 2. The van der Waals surface area contributed by atoms with Gasteiger partial charge in [0.2, 0.25) is 5.91 Å². The van der Waals surface area contributed by atoms with Gasteiger partial charge in [0.05, 0.1) is 29.9 Å². The highest BCUT2D eigenvalue weighted by molar-refractivity contribution is 7.98. The van der Waals surface area contributed by atoms with Crippen LogP contribution in [-0.2, 0) is 32.4 Å². The highest BCUT2D eigenvalue weighted by Gasteiger charge is 2.31. The van der Waals surface area contributed by atoms with Crippen molar-refractivity contribution in [1.29, 1.82) is 0 Å². The van der Waals surface area contributed by atoms with Crippen molar-refractivity contribution in [3.05, 3.63) is 64.5 Å². The Balaban J connectivity index is 1.71. The number of aryl methyl sites for hydroxylation is 1. The van der Waals surface area contributed by atoms with Gasteiger partial charge in [0.15, 0.2) is 0 Å². The largest absolute Gasteiger partial charge is 0.492 e. The average molecular weight is 575 g/mol. The molecule has 8 nitrogen and oxygen atoms in total. The van der Waals surface area contributed by atoms with Crippen molar-refractivity contribution in [3.63, 3.8) is 0 Å². The number of ether oxygens (including phenoxy) is 2. The van der Waals surface area contributed by atoms with Gasteiger partial charge in [0, 0.05) is 9.77 Å². The van der Waals surface area contributed by atoms with Gasteiger partial charge >= 0.3 is 5.97 Å². The lowest BCUT2D eigenvalue weighted by atomic mass is 9.95. The zero-order chi connectivity index (χ0) is 27.3. The summed E-state index contributed by atoms with van der Waals surface area (Å²) in [6.07, 6.45) is 5.44. The van der Waals surface area contributed by atoms with Crippen molar-refractivity contribution in [2.45, 2.75) is 42.4 Å².